The van der Waals surface area contributed by atoms with Crippen LogP contribution in [0.25, 0.3) is 0 Å². The van der Waals surface area contributed by atoms with Crippen molar-refractivity contribution in [3.63, 3.8) is 0 Å². The highest BCUT2D eigenvalue weighted by Gasteiger charge is 2.40. The summed E-state index contributed by atoms with van der Waals surface area (Å²) in [6.07, 6.45) is -5.48. The summed E-state index contributed by atoms with van der Waals surface area (Å²) in [7, 11) is -4.15. The van der Waals surface area contributed by atoms with E-state index >= 15 is 0 Å². The maximum atomic E-state index is 13.1. The molecule has 0 spiro atoms. The van der Waals surface area contributed by atoms with Crippen LogP contribution in [0.5, 0.6) is 5.75 Å². The van der Waals surface area contributed by atoms with E-state index in [0.29, 0.717) is 0 Å². The van der Waals surface area contributed by atoms with Crippen molar-refractivity contribution in [3.8, 4) is 5.75 Å². The molecule has 0 aromatic heterocycles. The highest BCUT2D eigenvalue weighted by atomic mass is 32.2. The van der Waals surface area contributed by atoms with E-state index in [1.165, 1.54) is 47.9 Å². The molecule has 1 saturated heterocycles. The zero-order valence-electron chi connectivity index (χ0n) is 16.6. The van der Waals surface area contributed by atoms with Gasteiger partial charge in [-0.25, -0.2) is 13.9 Å². The number of carbonyl (C=O) groups is 1. The molecule has 32 heavy (non-hydrogen) atoms. The lowest BCUT2D eigenvalue weighted by molar-refractivity contribution is -0.138. The van der Waals surface area contributed by atoms with E-state index in [1.54, 1.807) is 0 Å². The average Bonchev–Trinajstić information content (AvgIpc) is 2.76. The van der Waals surface area contributed by atoms with Crippen molar-refractivity contribution >= 4 is 15.9 Å². The standard InChI is InChI=1S/C20H21F3N2O6S/c21-20(22,23)17-4-2-1-3-13(17)12-31-15-5-7-16(8-6-15)32(29,30)25-10-9-14(26)11-18(25)19(27)24-28/h1-8,14,18,26,28H,9-12H2,(H,24,27)/t14-,18+/m0/s1. The second-order valence-corrected chi connectivity index (χ2v) is 9.09. The van der Waals surface area contributed by atoms with Gasteiger partial charge in [-0.2, -0.15) is 17.5 Å². The molecular weight excluding hydrogens is 453 g/mol. The minimum absolute atomic E-state index is 0.0681. The Morgan fingerprint density at radius 3 is 2.44 bits per heavy atom. The van der Waals surface area contributed by atoms with E-state index in [4.69, 9.17) is 9.94 Å². The van der Waals surface area contributed by atoms with Gasteiger partial charge < -0.3 is 9.84 Å². The molecule has 3 N–H and O–H groups in total. The molecule has 0 unspecified atom stereocenters. The first-order valence-corrected chi connectivity index (χ1v) is 11.0. The van der Waals surface area contributed by atoms with Gasteiger partial charge in [-0.3, -0.25) is 10.0 Å². The van der Waals surface area contributed by atoms with Crippen LogP contribution in [0.4, 0.5) is 13.2 Å². The second-order valence-electron chi connectivity index (χ2n) is 7.20. The van der Waals surface area contributed by atoms with Crippen molar-refractivity contribution in [2.45, 2.75) is 42.7 Å². The van der Waals surface area contributed by atoms with Crippen LogP contribution in [0.2, 0.25) is 0 Å². The second kappa shape index (κ2) is 9.45. The molecule has 8 nitrogen and oxygen atoms in total. The molecule has 1 aliphatic heterocycles. The topological polar surface area (TPSA) is 116 Å². The van der Waals surface area contributed by atoms with Gasteiger partial charge in [0, 0.05) is 12.1 Å². The van der Waals surface area contributed by atoms with Gasteiger partial charge in [-0.05, 0) is 43.2 Å². The number of hydrogen-bond donors (Lipinski definition) is 3. The number of benzene rings is 2. The zero-order valence-corrected chi connectivity index (χ0v) is 17.4. The maximum absolute atomic E-state index is 13.1. The summed E-state index contributed by atoms with van der Waals surface area (Å²) in [6.45, 7) is -0.501. The molecule has 0 saturated carbocycles. The number of sulfonamides is 1. The first-order chi connectivity index (χ1) is 15.0. The van der Waals surface area contributed by atoms with Gasteiger partial charge >= 0.3 is 6.18 Å². The van der Waals surface area contributed by atoms with Gasteiger partial charge in [0.25, 0.3) is 5.91 Å². The van der Waals surface area contributed by atoms with E-state index in [2.05, 4.69) is 0 Å². The van der Waals surface area contributed by atoms with Gasteiger partial charge in [0.2, 0.25) is 10.0 Å². The summed E-state index contributed by atoms with van der Waals surface area (Å²) in [5.74, 6) is -0.810. The molecule has 2 aromatic rings. The van der Waals surface area contributed by atoms with Crippen molar-refractivity contribution in [3.05, 3.63) is 59.7 Å². The lowest BCUT2D eigenvalue weighted by Gasteiger charge is -2.35. The smallest absolute Gasteiger partial charge is 0.416 e. The number of carbonyl (C=O) groups excluding carboxylic acids is 1. The van der Waals surface area contributed by atoms with Gasteiger partial charge in [0.1, 0.15) is 18.4 Å². The van der Waals surface area contributed by atoms with Crippen LogP contribution in [0.3, 0.4) is 0 Å². The number of hydrogen-bond acceptors (Lipinski definition) is 6. The Hall–Kier alpha value is -2.67. The summed E-state index contributed by atoms with van der Waals surface area (Å²) in [6, 6.07) is 8.68. The van der Waals surface area contributed by atoms with Crippen molar-refractivity contribution < 1.29 is 41.4 Å². The van der Waals surface area contributed by atoms with Crippen LogP contribution in [0.1, 0.15) is 24.0 Å². The van der Waals surface area contributed by atoms with E-state index < -0.39 is 39.8 Å². The number of rotatable bonds is 6. The summed E-state index contributed by atoms with van der Waals surface area (Å²) < 4.78 is 71.5. The molecule has 1 amide bonds. The maximum Gasteiger partial charge on any atom is 0.416 e. The molecular formula is C20H21F3N2O6S. The van der Waals surface area contributed by atoms with Crippen LogP contribution in [0.15, 0.2) is 53.4 Å². The Labute approximate surface area is 182 Å². The van der Waals surface area contributed by atoms with Crippen LogP contribution in [-0.4, -0.2) is 47.6 Å². The van der Waals surface area contributed by atoms with Crippen LogP contribution >= 0.6 is 0 Å². The molecule has 2 aromatic carbocycles. The molecule has 174 valence electrons. The highest BCUT2D eigenvalue weighted by molar-refractivity contribution is 7.89. The number of alkyl halides is 3. The van der Waals surface area contributed by atoms with Crippen molar-refractivity contribution in [1.82, 2.24) is 9.79 Å². The third-order valence-electron chi connectivity index (χ3n) is 5.09. The third-order valence-corrected chi connectivity index (χ3v) is 7.01. The highest BCUT2D eigenvalue weighted by Crippen LogP contribution is 2.32. The molecule has 0 bridgehead atoms. The zero-order chi connectivity index (χ0) is 23.5. The average molecular weight is 474 g/mol. The normalized spacial score (nSPS) is 20.0. The largest absolute Gasteiger partial charge is 0.489 e. The number of ether oxygens (including phenoxy) is 1. The van der Waals surface area contributed by atoms with Crippen LogP contribution < -0.4 is 10.2 Å². The number of hydroxylamine groups is 1. The first kappa shape index (κ1) is 24.0. The fraction of sp³-hybridized carbons (Fsp3) is 0.350. The number of nitrogens with zero attached hydrogens (tertiary/aromatic N) is 1. The predicted octanol–water partition coefficient (Wildman–Crippen LogP) is 2.30. The van der Waals surface area contributed by atoms with E-state index in [0.717, 1.165) is 10.4 Å². The molecule has 1 heterocycles. The number of piperidine rings is 1. The van der Waals surface area contributed by atoms with E-state index in [1.807, 2.05) is 0 Å². The Morgan fingerprint density at radius 2 is 1.81 bits per heavy atom. The van der Waals surface area contributed by atoms with Crippen LogP contribution in [0, 0.1) is 0 Å². The monoisotopic (exact) mass is 474 g/mol. The Bertz CT molecular complexity index is 1060. The lowest BCUT2D eigenvalue weighted by atomic mass is 10.0. The Morgan fingerprint density at radius 1 is 1.16 bits per heavy atom. The summed E-state index contributed by atoms with van der Waals surface area (Å²) in [5.41, 5.74) is 0.521. The minimum Gasteiger partial charge on any atom is -0.489 e. The predicted molar refractivity (Wildman–Crippen MR) is 105 cm³/mol. The lowest BCUT2D eigenvalue weighted by Crippen LogP contribution is -2.54. The van der Waals surface area contributed by atoms with Crippen LogP contribution in [-0.2, 0) is 27.6 Å². The number of aliphatic hydroxyl groups is 1. The fourth-order valence-corrected chi connectivity index (χ4v) is 5.07. The van der Waals surface area contributed by atoms with Crippen molar-refractivity contribution in [2.24, 2.45) is 0 Å². The molecule has 1 fully saturated rings. The number of halogens is 3. The molecule has 12 heteroatoms. The molecule has 3 rings (SSSR count). The minimum atomic E-state index is -4.53. The number of amides is 1. The molecule has 2 atom stereocenters. The van der Waals surface area contributed by atoms with Gasteiger partial charge in [-0.1, -0.05) is 18.2 Å². The Kier molecular flexibility index (Phi) is 7.08. The number of aliphatic hydroxyl groups excluding tert-OH is 1. The van der Waals surface area contributed by atoms with Gasteiger partial charge in [0.05, 0.1) is 16.6 Å². The molecule has 0 aliphatic carbocycles. The van der Waals surface area contributed by atoms with E-state index in [-0.39, 0.29) is 42.2 Å². The molecule has 1 aliphatic rings. The summed E-state index contributed by atoms with van der Waals surface area (Å²) in [4.78, 5) is 11.7. The summed E-state index contributed by atoms with van der Waals surface area (Å²) in [5, 5.41) is 18.7. The van der Waals surface area contributed by atoms with Crippen molar-refractivity contribution in [1.29, 1.82) is 0 Å². The SMILES string of the molecule is O=C(NO)[C@H]1C[C@@H](O)CCN1S(=O)(=O)c1ccc(OCc2ccccc2C(F)(F)F)cc1. The van der Waals surface area contributed by atoms with Crippen molar-refractivity contribution in [2.75, 3.05) is 6.54 Å². The third kappa shape index (κ3) is 5.21. The Balaban J connectivity index is 1.76. The molecule has 0 radical (unpaired) electrons. The van der Waals surface area contributed by atoms with Gasteiger partial charge in [-0.15, -0.1) is 0 Å². The number of nitrogens with one attached hydrogen (secondary N) is 1. The quantitative estimate of drug-likeness (QED) is 0.437. The van der Waals surface area contributed by atoms with E-state index in [9.17, 15) is 31.5 Å². The van der Waals surface area contributed by atoms with Gasteiger partial charge in [0.15, 0.2) is 0 Å². The fourth-order valence-electron chi connectivity index (χ4n) is 3.45. The summed E-state index contributed by atoms with van der Waals surface area (Å²) >= 11 is 0. The first-order valence-electron chi connectivity index (χ1n) is 9.56.